The first kappa shape index (κ1) is 25.5. The minimum atomic E-state index is -0.681. The number of aliphatic hydroxyl groups excluding tert-OH is 1. The fourth-order valence-electron chi connectivity index (χ4n) is 3.79. The molecular formula is C28H31ClN2O3. The Kier molecular flexibility index (Phi) is 10.1. The number of nitrogens with one attached hydrogen (secondary N) is 1. The molecule has 34 heavy (non-hydrogen) atoms. The van der Waals surface area contributed by atoms with E-state index in [9.17, 15) is 9.59 Å². The lowest BCUT2D eigenvalue weighted by Crippen LogP contribution is -2.50. The molecule has 2 amide bonds. The number of halogens is 1. The van der Waals surface area contributed by atoms with Gasteiger partial charge in [0.2, 0.25) is 11.8 Å². The van der Waals surface area contributed by atoms with Crippen molar-refractivity contribution in [2.24, 2.45) is 0 Å². The van der Waals surface area contributed by atoms with Crippen LogP contribution in [0.5, 0.6) is 0 Å². The Morgan fingerprint density at radius 1 is 0.853 bits per heavy atom. The SMILES string of the molecule is O=C(NCCCO)[C@@H](Cc1ccccc1)N(Cc1ccc(Cl)cc1)C(=O)CCc1ccccc1. The minimum absolute atomic E-state index is 0.00583. The van der Waals surface area contributed by atoms with Crippen LogP contribution in [-0.2, 0) is 29.0 Å². The molecule has 3 rings (SSSR count). The summed E-state index contributed by atoms with van der Waals surface area (Å²) >= 11 is 6.05. The number of hydrogen-bond acceptors (Lipinski definition) is 3. The lowest BCUT2D eigenvalue weighted by Gasteiger charge is -2.31. The van der Waals surface area contributed by atoms with E-state index in [0.717, 1.165) is 16.7 Å². The topological polar surface area (TPSA) is 69.6 Å². The lowest BCUT2D eigenvalue weighted by molar-refractivity contribution is -0.141. The van der Waals surface area contributed by atoms with Crippen molar-refractivity contribution in [3.05, 3.63) is 107 Å². The van der Waals surface area contributed by atoms with E-state index in [1.54, 1.807) is 17.0 Å². The second-order valence-corrected chi connectivity index (χ2v) is 8.64. The second kappa shape index (κ2) is 13.5. The van der Waals surface area contributed by atoms with Gasteiger partial charge in [0.05, 0.1) is 0 Å². The van der Waals surface area contributed by atoms with Crippen molar-refractivity contribution in [3.8, 4) is 0 Å². The molecule has 3 aromatic rings. The molecule has 0 saturated carbocycles. The van der Waals surface area contributed by atoms with Gasteiger partial charge in [0, 0.05) is 37.6 Å². The summed E-state index contributed by atoms with van der Waals surface area (Å²) in [6.07, 6.45) is 1.76. The smallest absolute Gasteiger partial charge is 0.243 e. The summed E-state index contributed by atoms with van der Waals surface area (Å²) < 4.78 is 0. The molecular weight excluding hydrogens is 448 g/mol. The average molecular weight is 479 g/mol. The number of nitrogens with zero attached hydrogens (tertiary/aromatic N) is 1. The van der Waals surface area contributed by atoms with Crippen molar-refractivity contribution in [1.82, 2.24) is 10.2 Å². The molecule has 3 aromatic carbocycles. The molecule has 0 spiro atoms. The van der Waals surface area contributed by atoms with Crippen molar-refractivity contribution >= 4 is 23.4 Å². The largest absolute Gasteiger partial charge is 0.396 e. The maximum absolute atomic E-state index is 13.5. The highest BCUT2D eigenvalue weighted by atomic mass is 35.5. The number of carbonyl (C=O) groups is 2. The molecule has 0 heterocycles. The number of amides is 2. The monoisotopic (exact) mass is 478 g/mol. The van der Waals surface area contributed by atoms with E-state index in [4.69, 9.17) is 16.7 Å². The van der Waals surface area contributed by atoms with Crippen molar-refractivity contribution in [2.45, 2.75) is 38.3 Å². The van der Waals surface area contributed by atoms with Crippen LogP contribution >= 0.6 is 11.6 Å². The summed E-state index contributed by atoms with van der Waals surface area (Å²) in [7, 11) is 0. The third-order valence-corrected chi connectivity index (χ3v) is 5.89. The Bertz CT molecular complexity index is 1030. The number of carbonyl (C=O) groups excluding carboxylic acids is 2. The molecule has 0 fully saturated rings. The van der Waals surface area contributed by atoms with Gasteiger partial charge >= 0.3 is 0 Å². The second-order valence-electron chi connectivity index (χ2n) is 8.21. The molecule has 0 aliphatic heterocycles. The van der Waals surface area contributed by atoms with Crippen LogP contribution in [0.3, 0.4) is 0 Å². The van der Waals surface area contributed by atoms with E-state index in [1.807, 2.05) is 72.8 Å². The third-order valence-electron chi connectivity index (χ3n) is 5.64. The van der Waals surface area contributed by atoms with Crippen LogP contribution in [0.2, 0.25) is 5.02 Å². The van der Waals surface area contributed by atoms with Crippen molar-refractivity contribution < 1.29 is 14.7 Å². The molecule has 0 bridgehead atoms. The maximum Gasteiger partial charge on any atom is 0.243 e. The first-order valence-corrected chi connectivity index (χ1v) is 11.9. The molecule has 0 aliphatic carbocycles. The summed E-state index contributed by atoms with van der Waals surface area (Å²) in [6, 6.07) is 26.2. The van der Waals surface area contributed by atoms with Gasteiger partial charge in [-0.05, 0) is 41.7 Å². The van der Waals surface area contributed by atoms with Gasteiger partial charge in [-0.3, -0.25) is 9.59 Å². The highest BCUT2D eigenvalue weighted by Gasteiger charge is 2.30. The van der Waals surface area contributed by atoms with Crippen LogP contribution in [0.4, 0.5) is 0 Å². The van der Waals surface area contributed by atoms with Gasteiger partial charge in [-0.25, -0.2) is 0 Å². The molecule has 6 heteroatoms. The number of hydrogen-bond donors (Lipinski definition) is 2. The Morgan fingerprint density at radius 3 is 2.09 bits per heavy atom. The highest BCUT2D eigenvalue weighted by molar-refractivity contribution is 6.30. The Hall–Kier alpha value is -3.15. The van der Waals surface area contributed by atoms with Crippen LogP contribution in [0.25, 0.3) is 0 Å². The first-order chi connectivity index (χ1) is 16.6. The minimum Gasteiger partial charge on any atom is -0.396 e. The number of aliphatic hydroxyl groups is 1. The van der Waals surface area contributed by atoms with Gasteiger partial charge in [0.25, 0.3) is 0 Å². The zero-order valence-corrected chi connectivity index (χ0v) is 20.0. The molecule has 0 aromatic heterocycles. The number of benzene rings is 3. The van der Waals surface area contributed by atoms with E-state index < -0.39 is 6.04 Å². The summed E-state index contributed by atoms with van der Waals surface area (Å²) in [4.78, 5) is 28.5. The normalized spacial score (nSPS) is 11.6. The summed E-state index contributed by atoms with van der Waals surface area (Å²) in [5, 5.41) is 12.6. The fraction of sp³-hybridized carbons (Fsp3) is 0.286. The van der Waals surface area contributed by atoms with Crippen LogP contribution in [0, 0.1) is 0 Å². The lowest BCUT2D eigenvalue weighted by atomic mass is 10.0. The van der Waals surface area contributed by atoms with E-state index in [0.29, 0.717) is 43.8 Å². The van der Waals surface area contributed by atoms with Crippen LogP contribution < -0.4 is 5.32 Å². The number of rotatable bonds is 12. The highest BCUT2D eigenvalue weighted by Crippen LogP contribution is 2.18. The zero-order valence-electron chi connectivity index (χ0n) is 19.2. The summed E-state index contributed by atoms with van der Waals surface area (Å²) in [5.41, 5.74) is 2.95. The van der Waals surface area contributed by atoms with Gasteiger partial charge in [-0.2, -0.15) is 0 Å². The summed E-state index contributed by atoms with van der Waals surface area (Å²) in [5.74, 6) is -0.309. The van der Waals surface area contributed by atoms with Gasteiger partial charge in [-0.15, -0.1) is 0 Å². The molecule has 0 unspecified atom stereocenters. The molecule has 178 valence electrons. The molecule has 0 aliphatic rings. The van der Waals surface area contributed by atoms with Gasteiger partial charge in [0.1, 0.15) is 6.04 Å². The van der Waals surface area contributed by atoms with Gasteiger partial charge < -0.3 is 15.3 Å². The van der Waals surface area contributed by atoms with Crippen molar-refractivity contribution in [1.29, 1.82) is 0 Å². The number of aryl methyl sites for hydroxylation is 1. The van der Waals surface area contributed by atoms with E-state index in [1.165, 1.54) is 0 Å². The quantitative estimate of drug-likeness (QED) is 0.379. The van der Waals surface area contributed by atoms with Gasteiger partial charge in [-0.1, -0.05) is 84.4 Å². The van der Waals surface area contributed by atoms with Crippen molar-refractivity contribution in [2.75, 3.05) is 13.2 Å². The van der Waals surface area contributed by atoms with Crippen LogP contribution in [0.1, 0.15) is 29.5 Å². The average Bonchev–Trinajstić information content (AvgIpc) is 2.87. The predicted octanol–water partition coefficient (Wildman–Crippen LogP) is 4.41. The van der Waals surface area contributed by atoms with Crippen LogP contribution in [-0.4, -0.2) is 41.0 Å². The molecule has 0 saturated heterocycles. The van der Waals surface area contributed by atoms with E-state index in [2.05, 4.69) is 5.32 Å². The Morgan fingerprint density at radius 2 is 1.47 bits per heavy atom. The van der Waals surface area contributed by atoms with E-state index in [-0.39, 0.29) is 18.4 Å². The third kappa shape index (κ3) is 8.01. The maximum atomic E-state index is 13.5. The molecule has 0 radical (unpaired) electrons. The standard InChI is InChI=1S/C28H31ClN2O3/c29-25-15-12-24(13-16-25)21-31(27(33)17-14-22-8-3-1-4-9-22)26(28(34)30-18-7-19-32)20-23-10-5-2-6-11-23/h1-6,8-13,15-16,26,32H,7,14,17-21H2,(H,30,34)/t26-/m1/s1. The van der Waals surface area contributed by atoms with E-state index >= 15 is 0 Å². The first-order valence-electron chi connectivity index (χ1n) is 11.6. The Labute approximate surface area is 206 Å². The van der Waals surface area contributed by atoms with Crippen LogP contribution in [0.15, 0.2) is 84.9 Å². The fourth-order valence-corrected chi connectivity index (χ4v) is 3.91. The molecule has 2 N–H and O–H groups in total. The zero-order chi connectivity index (χ0) is 24.2. The van der Waals surface area contributed by atoms with Crippen molar-refractivity contribution in [3.63, 3.8) is 0 Å². The Balaban J connectivity index is 1.86. The molecule has 1 atom stereocenters. The molecule has 5 nitrogen and oxygen atoms in total. The summed E-state index contributed by atoms with van der Waals surface area (Å²) in [6.45, 7) is 0.650. The van der Waals surface area contributed by atoms with Gasteiger partial charge in [0.15, 0.2) is 0 Å². The predicted molar refractivity (Wildman–Crippen MR) is 135 cm³/mol.